The van der Waals surface area contributed by atoms with Crippen molar-refractivity contribution in [3.05, 3.63) is 23.1 Å². The number of hydrogen-bond donors (Lipinski definition) is 0. The Morgan fingerprint density at radius 1 is 1.40 bits per heavy atom. The highest BCUT2D eigenvalue weighted by molar-refractivity contribution is 5.24. The fourth-order valence-corrected chi connectivity index (χ4v) is 1.35. The third-order valence-corrected chi connectivity index (χ3v) is 2.16. The molecule has 2 aromatic heterocycles. The van der Waals surface area contributed by atoms with Crippen LogP contribution in [0.5, 0.6) is 0 Å². The molecular formula is C10H13N5. The van der Waals surface area contributed by atoms with Crippen LogP contribution in [0.4, 0.5) is 0 Å². The summed E-state index contributed by atoms with van der Waals surface area (Å²) < 4.78 is 3.51. The standard InChI is InChI=1S/C10H13N5/c1-4-5-14-7-10(6-11-14)15-9(3)8(2)12-13-15/h6-7H,2-5H2,1H3. The van der Waals surface area contributed by atoms with Gasteiger partial charge in [-0.2, -0.15) is 5.10 Å². The number of rotatable bonds is 3. The van der Waals surface area contributed by atoms with Crippen LogP contribution >= 0.6 is 0 Å². The van der Waals surface area contributed by atoms with Gasteiger partial charge in [-0.3, -0.25) is 4.68 Å². The van der Waals surface area contributed by atoms with Gasteiger partial charge in [0.25, 0.3) is 0 Å². The maximum absolute atomic E-state index is 4.21. The van der Waals surface area contributed by atoms with Gasteiger partial charge in [-0.05, 0) is 6.42 Å². The third-order valence-electron chi connectivity index (χ3n) is 2.16. The number of hydrogen-bond acceptors (Lipinski definition) is 3. The third kappa shape index (κ3) is 1.68. The molecule has 0 saturated heterocycles. The molecule has 2 rings (SSSR count). The fourth-order valence-electron chi connectivity index (χ4n) is 1.35. The van der Waals surface area contributed by atoms with Crippen molar-refractivity contribution in [2.75, 3.05) is 0 Å². The molecule has 0 atom stereocenters. The minimum Gasteiger partial charge on any atom is -0.271 e. The van der Waals surface area contributed by atoms with Gasteiger partial charge in [0.2, 0.25) is 0 Å². The lowest BCUT2D eigenvalue weighted by Gasteiger charge is -1.95. The first-order valence-electron chi connectivity index (χ1n) is 4.85. The Morgan fingerprint density at radius 2 is 2.20 bits per heavy atom. The Morgan fingerprint density at radius 3 is 2.80 bits per heavy atom. The molecule has 0 fully saturated rings. The molecule has 2 heterocycles. The van der Waals surface area contributed by atoms with Gasteiger partial charge in [0.1, 0.15) is 11.0 Å². The summed E-state index contributed by atoms with van der Waals surface area (Å²) in [6.45, 7) is 10.6. The minimum atomic E-state index is 0.596. The summed E-state index contributed by atoms with van der Waals surface area (Å²) in [5, 5.41) is 13.3. The van der Waals surface area contributed by atoms with Crippen LogP contribution < -0.4 is 10.7 Å². The maximum atomic E-state index is 4.21. The summed E-state index contributed by atoms with van der Waals surface area (Å²) in [5.74, 6) is 0. The summed E-state index contributed by atoms with van der Waals surface area (Å²) in [6.07, 6.45) is 4.72. The van der Waals surface area contributed by atoms with E-state index < -0.39 is 0 Å². The van der Waals surface area contributed by atoms with E-state index >= 15 is 0 Å². The molecule has 78 valence electrons. The second-order valence-corrected chi connectivity index (χ2v) is 3.36. The first kappa shape index (κ1) is 9.64. The Kier molecular flexibility index (Phi) is 2.37. The molecule has 5 heteroatoms. The molecule has 0 aliphatic carbocycles. The Hall–Kier alpha value is -1.91. The molecule has 2 aromatic rings. The van der Waals surface area contributed by atoms with E-state index in [-0.39, 0.29) is 0 Å². The summed E-state index contributed by atoms with van der Waals surface area (Å²) in [6, 6.07) is 0. The van der Waals surface area contributed by atoms with Crippen molar-refractivity contribution in [2.24, 2.45) is 0 Å². The predicted molar refractivity (Wildman–Crippen MR) is 57.7 cm³/mol. The van der Waals surface area contributed by atoms with E-state index in [0.717, 1.165) is 18.7 Å². The van der Waals surface area contributed by atoms with Crippen molar-refractivity contribution in [2.45, 2.75) is 19.9 Å². The van der Waals surface area contributed by atoms with Gasteiger partial charge in [0.05, 0.1) is 17.7 Å². The first-order chi connectivity index (χ1) is 7.22. The normalized spacial score (nSPS) is 10.7. The number of aromatic nitrogens is 5. The molecule has 0 radical (unpaired) electrons. The topological polar surface area (TPSA) is 48.5 Å². The van der Waals surface area contributed by atoms with Crippen molar-refractivity contribution in [1.29, 1.82) is 0 Å². The SMILES string of the molecule is C=c1nnn(-c2cnn(CCC)c2)c1=C. The van der Waals surface area contributed by atoms with Crippen LogP contribution in [0.1, 0.15) is 13.3 Å². The van der Waals surface area contributed by atoms with Gasteiger partial charge in [0.15, 0.2) is 0 Å². The molecule has 0 N–H and O–H groups in total. The monoisotopic (exact) mass is 203 g/mol. The van der Waals surface area contributed by atoms with E-state index in [4.69, 9.17) is 0 Å². The predicted octanol–water partition coefficient (Wildman–Crippen LogP) is -0.306. The van der Waals surface area contributed by atoms with Crippen LogP contribution in [0, 0.1) is 0 Å². The van der Waals surface area contributed by atoms with E-state index in [1.54, 1.807) is 10.9 Å². The zero-order valence-corrected chi connectivity index (χ0v) is 8.72. The zero-order valence-electron chi connectivity index (χ0n) is 8.72. The molecule has 0 spiro atoms. The molecule has 0 bridgehead atoms. The van der Waals surface area contributed by atoms with E-state index in [1.807, 2.05) is 10.9 Å². The van der Waals surface area contributed by atoms with Gasteiger partial charge in [0, 0.05) is 6.54 Å². The van der Waals surface area contributed by atoms with Gasteiger partial charge >= 0.3 is 0 Å². The highest BCUT2D eigenvalue weighted by Gasteiger charge is 2.03. The van der Waals surface area contributed by atoms with Crippen molar-refractivity contribution in [1.82, 2.24) is 24.8 Å². The maximum Gasteiger partial charge on any atom is 0.105 e. The van der Waals surface area contributed by atoms with Crippen LogP contribution in [0.25, 0.3) is 18.8 Å². The summed E-state index contributed by atoms with van der Waals surface area (Å²) in [5.41, 5.74) is 0.871. The average molecular weight is 203 g/mol. The average Bonchev–Trinajstić information content (AvgIpc) is 2.77. The molecule has 0 unspecified atom stereocenters. The molecule has 0 aliphatic rings. The number of nitrogens with zero attached hydrogens (tertiary/aromatic N) is 5. The van der Waals surface area contributed by atoms with Gasteiger partial charge in [-0.25, -0.2) is 4.68 Å². The highest BCUT2D eigenvalue weighted by atomic mass is 15.4. The van der Waals surface area contributed by atoms with Crippen LogP contribution in [0.15, 0.2) is 12.4 Å². The summed E-state index contributed by atoms with van der Waals surface area (Å²) in [4.78, 5) is 0. The minimum absolute atomic E-state index is 0.596. The largest absolute Gasteiger partial charge is 0.271 e. The van der Waals surface area contributed by atoms with Crippen LogP contribution in [0.3, 0.4) is 0 Å². The molecule has 0 saturated carbocycles. The molecule has 0 aromatic carbocycles. The fraction of sp³-hybridized carbons (Fsp3) is 0.300. The number of aryl methyl sites for hydroxylation is 1. The molecule has 15 heavy (non-hydrogen) atoms. The van der Waals surface area contributed by atoms with E-state index in [2.05, 4.69) is 35.5 Å². The van der Waals surface area contributed by atoms with Crippen molar-refractivity contribution >= 4 is 13.2 Å². The second-order valence-electron chi connectivity index (χ2n) is 3.36. The van der Waals surface area contributed by atoms with Gasteiger partial charge < -0.3 is 0 Å². The van der Waals surface area contributed by atoms with E-state index in [1.165, 1.54) is 0 Å². The Bertz CT molecular complexity index is 551. The molecule has 5 nitrogen and oxygen atoms in total. The summed E-state index contributed by atoms with van der Waals surface area (Å²) >= 11 is 0. The van der Waals surface area contributed by atoms with Crippen molar-refractivity contribution < 1.29 is 0 Å². The molecule has 0 amide bonds. The van der Waals surface area contributed by atoms with Crippen LogP contribution in [-0.4, -0.2) is 24.8 Å². The molecular weight excluding hydrogens is 190 g/mol. The van der Waals surface area contributed by atoms with Crippen LogP contribution in [-0.2, 0) is 6.54 Å². The second kappa shape index (κ2) is 3.68. The summed E-state index contributed by atoms with van der Waals surface area (Å²) in [7, 11) is 0. The highest BCUT2D eigenvalue weighted by Crippen LogP contribution is 2.00. The Labute approximate surface area is 87.3 Å². The van der Waals surface area contributed by atoms with Gasteiger partial charge in [-0.1, -0.05) is 25.3 Å². The Balaban J connectivity index is 2.41. The van der Waals surface area contributed by atoms with Crippen molar-refractivity contribution in [3.63, 3.8) is 0 Å². The lowest BCUT2D eigenvalue weighted by atomic mass is 10.5. The lowest BCUT2D eigenvalue weighted by Crippen LogP contribution is -2.26. The van der Waals surface area contributed by atoms with Crippen LogP contribution in [0.2, 0.25) is 0 Å². The lowest BCUT2D eigenvalue weighted by molar-refractivity contribution is 0.602. The quantitative estimate of drug-likeness (QED) is 0.688. The molecule has 0 aliphatic heterocycles. The van der Waals surface area contributed by atoms with E-state index in [9.17, 15) is 0 Å². The first-order valence-corrected chi connectivity index (χ1v) is 4.85. The zero-order chi connectivity index (χ0) is 10.8. The smallest absolute Gasteiger partial charge is 0.105 e. The van der Waals surface area contributed by atoms with Gasteiger partial charge in [-0.15, -0.1) is 5.10 Å². The van der Waals surface area contributed by atoms with Crippen molar-refractivity contribution in [3.8, 4) is 5.69 Å². The van der Waals surface area contributed by atoms with E-state index in [0.29, 0.717) is 10.7 Å².